The Labute approximate surface area is 114 Å². The van der Waals surface area contributed by atoms with Gasteiger partial charge in [0.1, 0.15) is 5.75 Å². The fraction of sp³-hybridized carbons (Fsp3) is 0.625. The number of rotatable bonds is 1. The Bertz CT molecular complexity index is 459. The van der Waals surface area contributed by atoms with E-state index in [1.165, 1.54) is 5.56 Å². The van der Waals surface area contributed by atoms with Crippen LogP contribution in [-0.2, 0) is 16.8 Å². The van der Waals surface area contributed by atoms with Crippen LogP contribution < -0.4 is 4.74 Å². The Morgan fingerprint density at radius 3 is 2.68 bits per heavy atom. The summed E-state index contributed by atoms with van der Waals surface area (Å²) in [7, 11) is 0. The third-order valence-electron chi connectivity index (χ3n) is 4.15. The van der Waals surface area contributed by atoms with E-state index in [4.69, 9.17) is 9.47 Å². The molecule has 1 saturated heterocycles. The minimum Gasteiger partial charge on any atom is -0.493 e. The summed E-state index contributed by atoms with van der Waals surface area (Å²) in [5.41, 5.74) is 1.36. The molecule has 19 heavy (non-hydrogen) atoms. The van der Waals surface area contributed by atoms with Crippen LogP contribution in [0.25, 0.3) is 0 Å². The van der Waals surface area contributed by atoms with Crippen molar-refractivity contribution in [1.82, 2.24) is 0 Å². The van der Waals surface area contributed by atoms with Gasteiger partial charge in [0.05, 0.1) is 24.4 Å². The van der Waals surface area contributed by atoms with Crippen molar-refractivity contribution in [3.05, 3.63) is 29.3 Å². The first-order valence-electron chi connectivity index (χ1n) is 7.21. The summed E-state index contributed by atoms with van der Waals surface area (Å²) in [4.78, 5) is 0. The maximum absolute atomic E-state index is 11.1. The van der Waals surface area contributed by atoms with E-state index < -0.39 is 5.60 Å². The number of ether oxygens (including phenoxy) is 2. The van der Waals surface area contributed by atoms with E-state index in [2.05, 4.69) is 6.07 Å². The smallest absolute Gasteiger partial charge is 0.128 e. The standard InChI is InChI=1S/C16H22O3/c1-11-9-16(17,10-12(2)19-11)14-7-3-5-13-6-4-8-18-15(13)14/h3,5,7,11-12,17H,4,6,8-10H2,1-2H3. The van der Waals surface area contributed by atoms with Gasteiger partial charge in [0.2, 0.25) is 0 Å². The molecule has 1 aromatic carbocycles. The molecule has 2 aliphatic rings. The third kappa shape index (κ3) is 2.37. The quantitative estimate of drug-likeness (QED) is 0.846. The normalized spacial score (nSPS) is 34.5. The monoisotopic (exact) mass is 262 g/mol. The molecule has 1 fully saturated rings. The molecule has 2 heterocycles. The lowest BCUT2D eigenvalue weighted by Gasteiger charge is -2.40. The number of hydrogen-bond acceptors (Lipinski definition) is 3. The molecular weight excluding hydrogens is 240 g/mol. The van der Waals surface area contributed by atoms with Crippen molar-refractivity contribution in [1.29, 1.82) is 0 Å². The van der Waals surface area contributed by atoms with Crippen molar-refractivity contribution < 1.29 is 14.6 Å². The molecule has 0 aliphatic carbocycles. The summed E-state index contributed by atoms with van der Waals surface area (Å²) in [6, 6.07) is 6.15. The minimum absolute atomic E-state index is 0.0770. The van der Waals surface area contributed by atoms with E-state index in [0.29, 0.717) is 12.8 Å². The summed E-state index contributed by atoms with van der Waals surface area (Å²) < 4.78 is 11.6. The van der Waals surface area contributed by atoms with Crippen LogP contribution >= 0.6 is 0 Å². The second-order valence-electron chi connectivity index (χ2n) is 5.94. The fourth-order valence-electron chi connectivity index (χ4n) is 3.50. The summed E-state index contributed by atoms with van der Waals surface area (Å²) in [6.45, 7) is 4.80. The molecule has 0 radical (unpaired) electrons. The van der Waals surface area contributed by atoms with Crippen molar-refractivity contribution in [2.24, 2.45) is 0 Å². The number of fused-ring (bicyclic) bond motifs is 1. The highest BCUT2D eigenvalue weighted by Gasteiger charge is 2.40. The van der Waals surface area contributed by atoms with Gasteiger partial charge in [0, 0.05) is 18.4 Å². The van der Waals surface area contributed by atoms with Crippen molar-refractivity contribution in [3.8, 4) is 5.75 Å². The first-order valence-corrected chi connectivity index (χ1v) is 7.21. The highest BCUT2D eigenvalue weighted by Crippen LogP contribution is 2.43. The molecule has 3 rings (SSSR count). The molecule has 1 N–H and O–H groups in total. The summed E-state index contributed by atoms with van der Waals surface area (Å²) in [6.07, 6.45) is 3.53. The molecule has 2 atom stereocenters. The van der Waals surface area contributed by atoms with Crippen LogP contribution in [0.1, 0.15) is 44.2 Å². The third-order valence-corrected chi connectivity index (χ3v) is 4.15. The molecular formula is C16H22O3. The first kappa shape index (κ1) is 12.9. The van der Waals surface area contributed by atoms with Gasteiger partial charge in [-0.15, -0.1) is 0 Å². The van der Waals surface area contributed by atoms with E-state index in [-0.39, 0.29) is 12.2 Å². The second-order valence-corrected chi connectivity index (χ2v) is 5.94. The molecule has 0 saturated carbocycles. The van der Waals surface area contributed by atoms with Gasteiger partial charge in [-0.05, 0) is 32.3 Å². The zero-order valence-electron chi connectivity index (χ0n) is 11.7. The van der Waals surface area contributed by atoms with Crippen LogP contribution in [0.15, 0.2) is 18.2 Å². The van der Waals surface area contributed by atoms with E-state index >= 15 is 0 Å². The van der Waals surface area contributed by atoms with Crippen molar-refractivity contribution >= 4 is 0 Å². The van der Waals surface area contributed by atoms with Gasteiger partial charge < -0.3 is 14.6 Å². The van der Waals surface area contributed by atoms with Gasteiger partial charge in [-0.1, -0.05) is 18.2 Å². The van der Waals surface area contributed by atoms with E-state index in [1.807, 2.05) is 26.0 Å². The molecule has 2 aliphatic heterocycles. The number of aryl methyl sites for hydroxylation is 1. The first-order chi connectivity index (χ1) is 9.08. The maximum atomic E-state index is 11.1. The van der Waals surface area contributed by atoms with Crippen LogP contribution in [-0.4, -0.2) is 23.9 Å². The molecule has 104 valence electrons. The van der Waals surface area contributed by atoms with Gasteiger partial charge in [0.25, 0.3) is 0 Å². The molecule has 2 unspecified atom stereocenters. The SMILES string of the molecule is CC1CC(O)(c2cccc3c2OCCC3)CC(C)O1. The van der Waals surface area contributed by atoms with Crippen LogP contribution in [0.4, 0.5) is 0 Å². The predicted octanol–water partition coefficient (Wildman–Crippen LogP) is 2.79. The molecule has 1 aromatic rings. The lowest BCUT2D eigenvalue weighted by atomic mass is 9.80. The zero-order chi connectivity index (χ0) is 13.5. The van der Waals surface area contributed by atoms with E-state index in [0.717, 1.165) is 30.8 Å². The highest BCUT2D eigenvalue weighted by molar-refractivity contribution is 5.46. The maximum Gasteiger partial charge on any atom is 0.128 e. The number of para-hydroxylation sites is 1. The number of hydrogen-bond donors (Lipinski definition) is 1. The van der Waals surface area contributed by atoms with Crippen molar-refractivity contribution in [2.45, 2.75) is 57.3 Å². The molecule has 0 amide bonds. The topological polar surface area (TPSA) is 38.7 Å². The average molecular weight is 262 g/mol. The van der Waals surface area contributed by atoms with Gasteiger partial charge in [-0.2, -0.15) is 0 Å². The molecule has 0 bridgehead atoms. The molecule has 0 aromatic heterocycles. The van der Waals surface area contributed by atoms with E-state index in [9.17, 15) is 5.11 Å². The predicted molar refractivity (Wildman–Crippen MR) is 73.4 cm³/mol. The van der Waals surface area contributed by atoms with Crippen LogP contribution in [0.2, 0.25) is 0 Å². The Morgan fingerprint density at radius 1 is 1.21 bits per heavy atom. The summed E-state index contributed by atoms with van der Waals surface area (Å²) in [5, 5.41) is 11.1. The van der Waals surface area contributed by atoms with Gasteiger partial charge in [-0.3, -0.25) is 0 Å². The number of aliphatic hydroxyl groups is 1. The van der Waals surface area contributed by atoms with Gasteiger partial charge in [0.15, 0.2) is 0 Å². The molecule has 0 spiro atoms. The van der Waals surface area contributed by atoms with Gasteiger partial charge in [-0.25, -0.2) is 0 Å². The zero-order valence-corrected chi connectivity index (χ0v) is 11.7. The summed E-state index contributed by atoms with van der Waals surface area (Å²) >= 11 is 0. The van der Waals surface area contributed by atoms with Crippen LogP contribution in [0.5, 0.6) is 5.75 Å². The Hall–Kier alpha value is -1.06. The Morgan fingerprint density at radius 2 is 1.95 bits per heavy atom. The average Bonchev–Trinajstić information content (AvgIpc) is 2.36. The number of benzene rings is 1. The molecule has 3 heteroatoms. The van der Waals surface area contributed by atoms with Crippen molar-refractivity contribution in [3.63, 3.8) is 0 Å². The largest absolute Gasteiger partial charge is 0.493 e. The summed E-state index contributed by atoms with van der Waals surface area (Å²) in [5.74, 6) is 0.914. The molecule has 3 nitrogen and oxygen atoms in total. The fourth-order valence-corrected chi connectivity index (χ4v) is 3.50. The second kappa shape index (κ2) is 4.80. The van der Waals surface area contributed by atoms with Crippen LogP contribution in [0, 0.1) is 0 Å². The highest BCUT2D eigenvalue weighted by atomic mass is 16.5. The Kier molecular flexibility index (Phi) is 3.27. The lowest BCUT2D eigenvalue weighted by molar-refractivity contribution is -0.136. The van der Waals surface area contributed by atoms with E-state index in [1.54, 1.807) is 0 Å². The minimum atomic E-state index is -0.820. The lowest BCUT2D eigenvalue weighted by Crippen LogP contribution is -2.41. The van der Waals surface area contributed by atoms with Crippen LogP contribution in [0.3, 0.4) is 0 Å². The van der Waals surface area contributed by atoms with Gasteiger partial charge >= 0.3 is 0 Å². The van der Waals surface area contributed by atoms with Crippen molar-refractivity contribution in [2.75, 3.05) is 6.61 Å². The Balaban J connectivity index is 2.01.